The standard InChI is InChI=1S/C11H8O3S/c12-11(13)6-4-8-3-5-9(14-8)10-2-1-7-15-10/h1-7H,(H,12,13)/b6-4+. The Morgan fingerprint density at radius 1 is 1.40 bits per heavy atom. The molecule has 4 heteroatoms. The monoisotopic (exact) mass is 220 g/mol. The molecule has 0 bridgehead atoms. The topological polar surface area (TPSA) is 50.4 Å². The second kappa shape index (κ2) is 4.14. The number of hydrogen-bond acceptors (Lipinski definition) is 3. The first-order chi connectivity index (χ1) is 7.25. The molecule has 0 fully saturated rings. The fourth-order valence-electron chi connectivity index (χ4n) is 1.15. The molecule has 2 aromatic heterocycles. The van der Waals surface area contributed by atoms with Gasteiger partial charge >= 0.3 is 5.97 Å². The number of thiophene rings is 1. The summed E-state index contributed by atoms with van der Waals surface area (Å²) >= 11 is 1.58. The van der Waals surface area contributed by atoms with E-state index in [9.17, 15) is 4.79 Å². The predicted octanol–water partition coefficient (Wildman–Crippen LogP) is 3.11. The van der Waals surface area contributed by atoms with Crippen molar-refractivity contribution in [3.05, 3.63) is 41.5 Å². The maximum Gasteiger partial charge on any atom is 0.328 e. The van der Waals surface area contributed by atoms with Crippen molar-refractivity contribution in [3.63, 3.8) is 0 Å². The van der Waals surface area contributed by atoms with Crippen molar-refractivity contribution >= 4 is 23.4 Å². The van der Waals surface area contributed by atoms with Crippen LogP contribution in [0.25, 0.3) is 16.7 Å². The quantitative estimate of drug-likeness (QED) is 0.808. The van der Waals surface area contributed by atoms with Gasteiger partial charge in [0.2, 0.25) is 0 Å². The van der Waals surface area contributed by atoms with Crippen LogP contribution in [0.4, 0.5) is 0 Å². The lowest BCUT2D eigenvalue weighted by Crippen LogP contribution is -1.84. The summed E-state index contributed by atoms with van der Waals surface area (Å²) in [5.41, 5.74) is 0. The lowest BCUT2D eigenvalue weighted by atomic mass is 10.3. The molecule has 15 heavy (non-hydrogen) atoms. The maximum absolute atomic E-state index is 10.3. The van der Waals surface area contributed by atoms with Gasteiger partial charge in [-0.1, -0.05) is 6.07 Å². The van der Waals surface area contributed by atoms with Gasteiger partial charge in [0.15, 0.2) is 0 Å². The third kappa shape index (κ3) is 2.35. The van der Waals surface area contributed by atoms with Crippen LogP contribution >= 0.6 is 11.3 Å². The van der Waals surface area contributed by atoms with Gasteiger partial charge in [-0.2, -0.15) is 0 Å². The number of carboxylic acids is 1. The average molecular weight is 220 g/mol. The summed E-state index contributed by atoms with van der Waals surface area (Å²) in [7, 11) is 0. The van der Waals surface area contributed by atoms with E-state index >= 15 is 0 Å². The van der Waals surface area contributed by atoms with E-state index in [1.807, 2.05) is 23.6 Å². The van der Waals surface area contributed by atoms with Gasteiger partial charge in [-0.3, -0.25) is 0 Å². The Kier molecular flexibility index (Phi) is 2.69. The van der Waals surface area contributed by atoms with Crippen molar-refractivity contribution in [1.29, 1.82) is 0 Å². The van der Waals surface area contributed by atoms with Crippen LogP contribution < -0.4 is 0 Å². The van der Waals surface area contributed by atoms with Crippen LogP contribution in [0.15, 0.2) is 40.1 Å². The molecular formula is C11H8O3S. The smallest absolute Gasteiger partial charge is 0.328 e. The van der Waals surface area contributed by atoms with Crippen LogP contribution in [0.2, 0.25) is 0 Å². The zero-order valence-electron chi connectivity index (χ0n) is 7.71. The first-order valence-corrected chi connectivity index (χ1v) is 5.18. The summed E-state index contributed by atoms with van der Waals surface area (Å²) in [6.07, 6.45) is 2.48. The highest BCUT2D eigenvalue weighted by molar-refractivity contribution is 7.13. The minimum absolute atomic E-state index is 0.542. The van der Waals surface area contributed by atoms with Crippen LogP contribution in [-0.2, 0) is 4.79 Å². The fraction of sp³-hybridized carbons (Fsp3) is 0. The van der Waals surface area contributed by atoms with Crippen molar-refractivity contribution in [3.8, 4) is 10.6 Å². The molecule has 2 heterocycles. The van der Waals surface area contributed by atoms with Crippen molar-refractivity contribution in [2.45, 2.75) is 0 Å². The number of rotatable bonds is 3. The van der Waals surface area contributed by atoms with Gasteiger partial charge < -0.3 is 9.52 Å². The molecule has 0 aliphatic heterocycles. The van der Waals surface area contributed by atoms with Crippen LogP contribution in [0, 0.1) is 0 Å². The Hall–Kier alpha value is -1.81. The normalized spacial score (nSPS) is 10.9. The molecule has 0 saturated carbocycles. The molecule has 0 aromatic carbocycles. The van der Waals surface area contributed by atoms with E-state index in [1.165, 1.54) is 6.08 Å². The van der Waals surface area contributed by atoms with Gasteiger partial charge in [-0.05, 0) is 29.7 Å². The van der Waals surface area contributed by atoms with E-state index in [-0.39, 0.29) is 0 Å². The number of furan rings is 1. The van der Waals surface area contributed by atoms with Gasteiger partial charge in [0, 0.05) is 6.08 Å². The van der Waals surface area contributed by atoms with Crippen LogP contribution in [0.3, 0.4) is 0 Å². The molecule has 0 saturated heterocycles. The average Bonchev–Trinajstić information content (AvgIpc) is 2.85. The summed E-state index contributed by atoms with van der Waals surface area (Å²) in [4.78, 5) is 11.3. The molecule has 2 rings (SSSR count). The Balaban J connectivity index is 2.21. The van der Waals surface area contributed by atoms with Crippen LogP contribution in [0.1, 0.15) is 5.76 Å². The number of aliphatic carboxylic acids is 1. The minimum Gasteiger partial charge on any atom is -0.478 e. The fourth-order valence-corrected chi connectivity index (χ4v) is 1.83. The summed E-state index contributed by atoms with van der Waals surface area (Å²) in [6.45, 7) is 0. The molecule has 0 spiro atoms. The molecule has 1 N–H and O–H groups in total. The zero-order chi connectivity index (χ0) is 10.7. The third-order valence-corrected chi connectivity index (χ3v) is 2.67. The van der Waals surface area contributed by atoms with E-state index in [1.54, 1.807) is 17.4 Å². The first kappa shape index (κ1) is 9.73. The first-order valence-electron chi connectivity index (χ1n) is 4.30. The van der Waals surface area contributed by atoms with E-state index in [0.29, 0.717) is 5.76 Å². The van der Waals surface area contributed by atoms with Crippen molar-refractivity contribution < 1.29 is 14.3 Å². The van der Waals surface area contributed by atoms with Crippen molar-refractivity contribution in [2.24, 2.45) is 0 Å². The minimum atomic E-state index is -0.982. The lowest BCUT2D eigenvalue weighted by Gasteiger charge is -1.88. The summed E-state index contributed by atoms with van der Waals surface area (Å²) in [5.74, 6) is 0.319. The van der Waals surface area contributed by atoms with Crippen molar-refractivity contribution in [1.82, 2.24) is 0 Å². The number of carboxylic acid groups (broad SMARTS) is 1. The van der Waals surface area contributed by atoms with Gasteiger partial charge in [0.25, 0.3) is 0 Å². The maximum atomic E-state index is 10.3. The summed E-state index contributed by atoms with van der Waals surface area (Å²) in [6, 6.07) is 7.46. The highest BCUT2D eigenvalue weighted by Crippen LogP contribution is 2.26. The molecule has 76 valence electrons. The second-order valence-corrected chi connectivity index (χ2v) is 3.80. The Morgan fingerprint density at radius 3 is 2.93 bits per heavy atom. The Morgan fingerprint density at radius 2 is 2.27 bits per heavy atom. The summed E-state index contributed by atoms with van der Waals surface area (Å²) < 4.78 is 5.44. The highest BCUT2D eigenvalue weighted by Gasteiger charge is 2.03. The molecule has 0 aliphatic rings. The van der Waals surface area contributed by atoms with E-state index < -0.39 is 5.97 Å². The molecule has 3 nitrogen and oxygen atoms in total. The zero-order valence-corrected chi connectivity index (χ0v) is 8.53. The molecule has 0 aliphatic carbocycles. The number of hydrogen-bond donors (Lipinski definition) is 1. The van der Waals surface area contributed by atoms with Crippen LogP contribution in [-0.4, -0.2) is 11.1 Å². The Labute approximate surface area is 90.3 Å². The van der Waals surface area contributed by atoms with Gasteiger partial charge in [0.05, 0.1) is 4.88 Å². The Bertz CT molecular complexity index is 480. The SMILES string of the molecule is O=C(O)/C=C/c1ccc(-c2cccs2)o1. The highest BCUT2D eigenvalue weighted by atomic mass is 32.1. The van der Waals surface area contributed by atoms with E-state index in [2.05, 4.69) is 0 Å². The molecular weight excluding hydrogens is 212 g/mol. The molecule has 0 atom stereocenters. The lowest BCUT2D eigenvalue weighted by molar-refractivity contribution is -0.131. The second-order valence-electron chi connectivity index (χ2n) is 2.85. The summed E-state index contributed by atoms with van der Waals surface area (Å²) in [5, 5.41) is 10.4. The van der Waals surface area contributed by atoms with Gasteiger partial charge in [-0.25, -0.2) is 4.79 Å². The van der Waals surface area contributed by atoms with E-state index in [4.69, 9.17) is 9.52 Å². The largest absolute Gasteiger partial charge is 0.478 e. The molecule has 0 amide bonds. The van der Waals surface area contributed by atoms with Gasteiger partial charge in [-0.15, -0.1) is 11.3 Å². The molecule has 0 radical (unpaired) electrons. The number of carbonyl (C=O) groups is 1. The molecule has 2 aromatic rings. The van der Waals surface area contributed by atoms with Crippen LogP contribution in [0.5, 0.6) is 0 Å². The van der Waals surface area contributed by atoms with Crippen molar-refractivity contribution in [2.75, 3.05) is 0 Å². The molecule has 0 unspecified atom stereocenters. The van der Waals surface area contributed by atoms with Gasteiger partial charge in [0.1, 0.15) is 11.5 Å². The predicted molar refractivity (Wildman–Crippen MR) is 58.7 cm³/mol. The van der Waals surface area contributed by atoms with E-state index in [0.717, 1.165) is 16.7 Å². The third-order valence-electron chi connectivity index (χ3n) is 1.78.